The van der Waals surface area contributed by atoms with Crippen LogP contribution >= 0.6 is 11.6 Å². The summed E-state index contributed by atoms with van der Waals surface area (Å²) < 4.78 is 41.7. The van der Waals surface area contributed by atoms with Crippen LogP contribution in [0.15, 0.2) is 12.3 Å². The van der Waals surface area contributed by atoms with E-state index in [1.165, 1.54) is 7.11 Å². The molecule has 0 aliphatic heterocycles. The summed E-state index contributed by atoms with van der Waals surface area (Å²) in [4.78, 5) is 3.61. The van der Waals surface area contributed by atoms with Gasteiger partial charge in [0.05, 0.1) is 17.2 Å². The van der Waals surface area contributed by atoms with Crippen LogP contribution in [0.2, 0.25) is 5.02 Å². The predicted octanol–water partition coefficient (Wildman–Crippen LogP) is 2.81. The lowest BCUT2D eigenvalue weighted by Crippen LogP contribution is -2.11. The minimum atomic E-state index is -4.48. The molecule has 0 aliphatic rings. The van der Waals surface area contributed by atoms with E-state index in [0.717, 1.165) is 6.07 Å². The maximum absolute atomic E-state index is 12.3. The molecular formula is C9H10ClF3N2O. The Bertz CT molecular complexity index is 357. The minimum Gasteiger partial charge on any atom is -0.383 e. The number of rotatable bonds is 4. The van der Waals surface area contributed by atoms with Gasteiger partial charge in [0.25, 0.3) is 0 Å². The first kappa shape index (κ1) is 13.1. The molecule has 1 aromatic heterocycles. The van der Waals surface area contributed by atoms with Gasteiger partial charge in [0, 0.05) is 19.9 Å². The number of alkyl halides is 3. The molecule has 90 valence electrons. The summed E-state index contributed by atoms with van der Waals surface area (Å²) in [7, 11) is 1.52. The van der Waals surface area contributed by atoms with E-state index in [4.69, 9.17) is 16.3 Å². The summed E-state index contributed by atoms with van der Waals surface area (Å²) in [6.07, 6.45) is -3.77. The van der Waals surface area contributed by atoms with Crippen LogP contribution in [0.25, 0.3) is 0 Å². The van der Waals surface area contributed by atoms with Gasteiger partial charge in [-0.1, -0.05) is 11.6 Å². The molecule has 7 heteroatoms. The van der Waals surface area contributed by atoms with Crippen molar-refractivity contribution < 1.29 is 17.9 Å². The van der Waals surface area contributed by atoms with Crippen LogP contribution in [0.3, 0.4) is 0 Å². The SMILES string of the molecule is COCCNc1cc(Cl)c(C(F)(F)F)cn1. The standard InChI is InChI=1S/C9H10ClF3N2O/c1-16-3-2-14-8-4-7(10)6(5-15-8)9(11,12)13/h4-5H,2-3H2,1H3,(H,14,15). The molecule has 1 N–H and O–H groups in total. The van der Waals surface area contributed by atoms with Crippen molar-refractivity contribution in [1.29, 1.82) is 0 Å². The maximum Gasteiger partial charge on any atom is 0.419 e. The molecule has 1 aromatic rings. The highest BCUT2D eigenvalue weighted by Gasteiger charge is 2.33. The molecule has 0 fully saturated rings. The molecule has 0 saturated carbocycles. The van der Waals surface area contributed by atoms with Gasteiger partial charge in [0.2, 0.25) is 0 Å². The molecule has 1 rings (SSSR count). The Hall–Kier alpha value is -1.01. The highest BCUT2D eigenvalue weighted by molar-refractivity contribution is 6.31. The van der Waals surface area contributed by atoms with Crippen LogP contribution in [0.1, 0.15) is 5.56 Å². The first-order chi connectivity index (χ1) is 7.45. The molecule has 0 atom stereocenters. The number of aromatic nitrogens is 1. The Balaban J connectivity index is 2.75. The van der Waals surface area contributed by atoms with E-state index in [1.54, 1.807) is 0 Å². The van der Waals surface area contributed by atoms with Gasteiger partial charge in [0.15, 0.2) is 0 Å². The van der Waals surface area contributed by atoms with Crippen molar-refractivity contribution in [2.75, 3.05) is 25.6 Å². The zero-order chi connectivity index (χ0) is 12.2. The van der Waals surface area contributed by atoms with Crippen LogP contribution in [0, 0.1) is 0 Å². The molecule has 0 unspecified atom stereocenters. The van der Waals surface area contributed by atoms with Gasteiger partial charge in [-0.2, -0.15) is 13.2 Å². The zero-order valence-corrected chi connectivity index (χ0v) is 9.19. The Kier molecular flexibility index (Phi) is 4.37. The van der Waals surface area contributed by atoms with E-state index in [-0.39, 0.29) is 10.8 Å². The number of nitrogens with one attached hydrogen (secondary N) is 1. The van der Waals surface area contributed by atoms with Crippen molar-refractivity contribution >= 4 is 17.4 Å². The average molecular weight is 255 g/mol. The number of ether oxygens (including phenoxy) is 1. The molecule has 3 nitrogen and oxygen atoms in total. The number of hydrogen-bond donors (Lipinski definition) is 1. The lowest BCUT2D eigenvalue weighted by molar-refractivity contribution is -0.137. The average Bonchev–Trinajstić information content (AvgIpc) is 2.16. The van der Waals surface area contributed by atoms with Crippen LogP contribution in [0.4, 0.5) is 19.0 Å². The van der Waals surface area contributed by atoms with Crippen molar-refractivity contribution in [3.8, 4) is 0 Å². The molecule has 0 amide bonds. The normalized spacial score (nSPS) is 11.6. The van der Waals surface area contributed by atoms with Crippen LogP contribution in [-0.2, 0) is 10.9 Å². The Morgan fingerprint density at radius 2 is 2.19 bits per heavy atom. The Morgan fingerprint density at radius 3 is 2.69 bits per heavy atom. The van der Waals surface area contributed by atoms with Gasteiger partial charge in [-0.15, -0.1) is 0 Å². The molecule has 0 spiro atoms. The summed E-state index contributed by atoms with van der Waals surface area (Å²) in [6.45, 7) is 0.880. The summed E-state index contributed by atoms with van der Waals surface area (Å²) in [6, 6.07) is 1.14. The second-order valence-electron chi connectivity index (χ2n) is 2.97. The van der Waals surface area contributed by atoms with Gasteiger partial charge in [0.1, 0.15) is 5.82 Å². The Morgan fingerprint density at radius 1 is 1.50 bits per heavy atom. The fourth-order valence-electron chi connectivity index (χ4n) is 1.02. The van der Waals surface area contributed by atoms with E-state index in [2.05, 4.69) is 10.3 Å². The highest BCUT2D eigenvalue weighted by Crippen LogP contribution is 2.34. The first-order valence-corrected chi connectivity index (χ1v) is 4.78. The number of anilines is 1. The summed E-state index contributed by atoms with van der Waals surface area (Å²) in [5.41, 5.74) is -0.938. The third-order valence-electron chi connectivity index (χ3n) is 1.77. The molecule has 0 aromatic carbocycles. The Labute approximate surface area is 95.6 Å². The second kappa shape index (κ2) is 5.36. The fraction of sp³-hybridized carbons (Fsp3) is 0.444. The third-order valence-corrected chi connectivity index (χ3v) is 2.08. The lowest BCUT2D eigenvalue weighted by Gasteiger charge is -2.10. The molecule has 1 heterocycles. The maximum atomic E-state index is 12.3. The molecule has 0 radical (unpaired) electrons. The lowest BCUT2D eigenvalue weighted by atomic mass is 10.2. The second-order valence-corrected chi connectivity index (χ2v) is 3.37. The monoisotopic (exact) mass is 254 g/mol. The molecule has 0 bridgehead atoms. The van der Waals surface area contributed by atoms with E-state index >= 15 is 0 Å². The molecule has 0 aliphatic carbocycles. The minimum absolute atomic E-state index is 0.287. The van der Waals surface area contributed by atoms with E-state index < -0.39 is 11.7 Å². The van der Waals surface area contributed by atoms with Gasteiger partial charge in [-0.05, 0) is 6.07 Å². The van der Waals surface area contributed by atoms with Gasteiger partial charge in [-0.25, -0.2) is 4.98 Å². The molecule has 0 saturated heterocycles. The predicted molar refractivity (Wildman–Crippen MR) is 54.6 cm³/mol. The third kappa shape index (κ3) is 3.53. The number of methoxy groups -OCH3 is 1. The number of hydrogen-bond acceptors (Lipinski definition) is 3. The summed E-state index contributed by atoms with van der Waals surface area (Å²) in [5.74, 6) is 0.287. The number of pyridine rings is 1. The van der Waals surface area contributed by atoms with Crippen LogP contribution in [-0.4, -0.2) is 25.2 Å². The van der Waals surface area contributed by atoms with Gasteiger partial charge < -0.3 is 10.1 Å². The summed E-state index contributed by atoms with van der Waals surface area (Å²) in [5, 5.41) is 2.40. The van der Waals surface area contributed by atoms with E-state index in [0.29, 0.717) is 19.3 Å². The quantitative estimate of drug-likeness (QED) is 0.839. The van der Waals surface area contributed by atoms with Crippen LogP contribution in [0.5, 0.6) is 0 Å². The topological polar surface area (TPSA) is 34.1 Å². The van der Waals surface area contributed by atoms with E-state index in [9.17, 15) is 13.2 Å². The number of halogens is 4. The van der Waals surface area contributed by atoms with Crippen molar-refractivity contribution in [2.45, 2.75) is 6.18 Å². The fourth-order valence-corrected chi connectivity index (χ4v) is 1.28. The van der Waals surface area contributed by atoms with Crippen LogP contribution < -0.4 is 5.32 Å². The van der Waals surface area contributed by atoms with Gasteiger partial charge in [-0.3, -0.25) is 0 Å². The first-order valence-electron chi connectivity index (χ1n) is 4.40. The van der Waals surface area contributed by atoms with Crippen molar-refractivity contribution in [2.24, 2.45) is 0 Å². The van der Waals surface area contributed by atoms with Gasteiger partial charge >= 0.3 is 6.18 Å². The van der Waals surface area contributed by atoms with Crippen molar-refractivity contribution in [3.05, 3.63) is 22.8 Å². The number of nitrogens with zero attached hydrogens (tertiary/aromatic N) is 1. The molecular weight excluding hydrogens is 245 g/mol. The summed E-state index contributed by atoms with van der Waals surface area (Å²) >= 11 is 5.50. The smallest absolute Gasteiger partial charge is 0.383 e. The van der Waals surface area contributed by atoms with E-state index in [1.807, 2.05) is 0 Å². The largest absolute Gasteiger partial charge is 0.419 e. The zero-order valence-electron chi connectivity index (χ0n) is 8.44. The van der Waals surface area contributed by atoms with Crippen molar-refractivity contribution in [3.63, 3.8) is 0 Å². The highest BCUT2D eigenvalue weighted by atomic mass is 35.5. The molecule has 16 heavy (non-hydrogen) atoms. The van der Waals surface area contributed by atoms with Crippen molar-refractivity contribution in [1.82, 2.24) is 4.98 Å².